The van der Waals surface area contributed by atoms with E-state index >= 15 is 0 Å². The van der Waals surface area contributed by atoms with E-state index in [1.54, 1.807) is 0 Å². The number of para-hydroxylation sites is 1. The second-order valence-electron chi connectivity index (χ2n) is 5.59. The van der Waals surface area contributed by atoms with Gasteiger partial charge in [0.1, 0.15) is 0 Å². The van der Waals surface area contributed by atoms with Crippen LogP contribution in [0.1, 0.15) is 5.56 Å². The molecule has 0 unspecified atom stereocenters. The van der Waals surface area contributed by atoms with Gasteiger partial charge in [0.15, 0.2) is 10.8 Å². The van der Waals surface area contributed by atoms with Crippen LogP contribution in [-0.4, -0.2) is 50.3 Å². The highest BCUT2D eigenvalue weighted by atomic mass is 32.2. The molecule has 0 bridgehead atoms. The van der Waals surface area contributed by atoms with Crippen LogP contribution >= 0.6 is 11.8 Å². The highest BCUT2D eigenvalue weighted by Crippen LogP contribution is 2.25. The number of rotatable bonds is 3. The molecule has 1 aliphatic heterocycles. The van der Waals surface area contributed by atoms with Gasteiger partial charge in [-0.15, -0.1) is 10.2 Å². The first kappa shape index (κ1) is 14.9. The Labute approximate surface area is 142 Å². The number of benzene rings is 1. The molecule has 0 radical (unpaired) electrons. The average molecular weight is 341 g/mol. The van der Waals surface area contributed by atoms with Gasteiger partial charge in [0.05, 0.1) is 11.3 Å². The Bertz CT molecular complexity index is 968. The summed E-state index contributed by atoms with van der Waals surface area (Å²) < 4.78 is 1.95. The molecule has 8 heteroatoms. The number of pyridine rings is 1. The number of nitrogens with one attached hydrogen (secondary N) is 1. The molecule has 3 amide bonds. The smallest absolute Gasteiger partial charge is 0.324 e. The Balaban J connectivity index is 1.66. The summed E-state index contributed by atoms with van der Waals surface area (Å²) >= 11 is 1.29. The van der Waals surface area contributed by atoms with Crippen LogP contribution in [0.5, 0.6) is 0 Å². The fourth-order valence-electron chi connectivity index (χ4n) is 2.88. The van der Waals surface area contributed by atoms with Gasteiger partial charge in [-0.05, 0) is 24.6 Å². The second-order valence-corrected chi connectivity index (χ2v) is 6.53. The molecule has 1 fully saturated rings. The van der Waals surface area contributed by atoms with E-state index in [1.807, 2.05) is 35.6 Å². The summed E-state index contributed by atoms with van der Waals surface area (Å²) in [5.74, 6) is -0.0701. The molecule has 4 rings (SSSR count). The number of hydrogen-bond acceptors (Lipinski definition) is 5. The normalized spacial score (nSPS) is 14.5. The maximum absolute atomic E-state index is 12.2. The van der Waals surface area contributed by atoms with E-state index in [-0.39, 0.29) is 17.7 Å². The van der Waals surface area contributed by atoms with E-state index in [1.165, 1.54) is 16.7 Å². The molecule has 2 aromatic heterocycles. The Morgan fingerprint density at radius 1 is 1.33 bits per heavy atom. The summed E-state index contributed by atoms with van der Waals surface area (Å²) in [7, 11) is 0. The van der Waals surface area contributed by atoms with Gasteiger partial charge < -0.3 is 5.32 Å². The third kappa shape index (κ3) is 2.39. The molecule has 0 atom stereocenters. The van der Waals surface area contributed by atoms with E-state index in [4.69, 9.17) is 0 Å². The lowest BCUT2D eigenvalue weighted by molar-refractivity contribution is -0.124. The zero-order valence-corrected chi connectivity index (χ0v) is 13.8. The van der Waals surface area contributed by atoms with E-state index in [2.05, 4.69) is 21.6 Å². The van der Waals surface area contributed by atoms with Crippen molar-refractivity contribution in [2.45, 2.75) is 12.1 Å². The number of nitrogens with zero attached hydrogens (tertiary/aromatic N) is 4. The van der Waals surface area contributed by atoms with Crippen molar-refractivity contribution in [1.29, 1.82) is 0 Å². The zero-order valence-electron chi connectivity index (χ0n) is 13.0. The van der Waals surface area contributed by atoms with Gasteiger partial charge in [-0.1, -0.05) is 30.0 Å². The van der Waals surface area contributed by atoms with E-state index in [0.29, 0.717) is 18.2 Å². The van der Waals surface area contributed by atoms with Gasteiger partial charge in [-0.25, -0.2) is 4.79 Å². The van der Waals surface area contributed by atoms with Gasteiger partial charge in [0.2, 0.25) is 5.91 Å². The average Bonchev–Trinajstić information content (AvgIpc) is 3.19. The monoisotopic (exact) mass is 341 g/mol. The lowest BCUT2D eigenvalue weighted by Crippen LogP contribution is -2.35. The SMILES string of the molecule is Cc1cc2nnc(SCC(=O)N3CCNC3=O)n2c2ccccc12. The number of thioether (sulfide) groups is 1. The second kappa shape index (κ2) is 5.79. The van der Waals surface area contributed by atoms with Crippen LogP contribution in [0.15, 0.2) is 35.5 Å². The molecule has 0 saturated carbocycles. The molecule has 1 aliphatic rings. The largest absolute Gasteiger partial charge is 0.336 e. The van der Waals surface area contributed by atoms with Crippen LogP contribution in [-0.2, 0) is 4.79 Å². The molecule has 0 aliphatic carbocycles. The number of carbonyl (C=O) groups is 2. The number of carbonyl (C=O) groups excluding carboxylic acids is 2. The van der Waals surface area contributed by atoms with Gasteiger partial charge in [-0.3, -0.25) is 14.1 Å². The third-order valence-electron chi connectivity index (χ3n) is 4.06. The van der Waals surface area contributed by atoms with Crippen molar-refractivity contribution in [3.05, 3.63) is 35.9 Å². The van der Waals surface area contributed by atoms with Crippen molar-refractivity contribution in [3.63, 3.8) is 0 Å². The summed E-state index contributed by atoms with van der Waals surface area (Å²) in [6.07, 6.45) is 0. The summed E-state index contributed by atoms with van der Waals surface area (Å²) in [6, 6.07) is 9.68. The first-order valence-electron chi connectivity index (χ1n) is 7.59. The predicted molar refractivity (Wildman–Crippen MR) is 91.1 cm³/mol. The summed E-state index contributed by atoms with van der Waals surface area (Å²) in [4.78, 5) is 25.0. The lowest BCUT2D eigenvalue weighted by Gasteiger charge is -2.11. The Morgan fingerprint density at radius 3 is 2.96 bits per heavy atom. The predicted octanol–water partition coefficient (Wildman–Crippen LogP) is 1.83. The molecule has 0 spiro atoms. The quantitative estimate of drug-likeness (QED) is 0.735. The van der Waals surface area contributed by atoms with Gasteiger partial charge in [-0.2, -0.15) is 0 Å². The van der Waals surface area contributed by atoms with Crippen LogP contribution < -0.4 is 5.32 Å². The van der Waals surface area contributed by atoms with Gasteiger partial charge in [0, 0.05) is 18.5 Å². The maximum atomic E-state index is 12.2. The van der Waals surface area contributed by atoms with Crippen molar-refractivity contribution in [2.24, 2.45) is 0 Å². The Morgan fingerprint density at radius 2 is 2.17 bits per heavy atom. The Hall–Kier alpha value is -2.61. The number of fused-ring (bicyclic) bond motifs is 3. The number of aromatic nitrogens is 3. The summed E-state index contributed by atoms with van der Waals surface area (Å²) in [6.45, 7) is 2.97. The minimum atomic E-state index is -0.326. The molecule has 7 nitrogen and oxygen atoms in total. The maximum Gasteiger partial charge on any atom is 0.324 e. The highest BCUT2D eigenvalue weighted by Gasteiger charge is 2.26. The fraction of sp³-hybridized carbons (Fsp3) is 0.250. The van der Waals surface area contributed by atoms with E-state index in [9.17, 15) is 9.59 Å². The summed E-state index contributed by atoms with van der Waals surface area (Å²) in [5.41, 5.74) is 2.89. The van der Waals surface area contributed by atoms with Crippen LogP contribution in [0.25, 0.3) is 16.6 Å². The molecular formula is C16H15N5O2S. The van der Waals surface area contributed by atoms with Crippen molar-refractivity contribution in [1.82, 2.24) is 24.8 Å². The third-order valence-corrected chi connectivity index (χ3v) is 4.97. The molecular weight excluding hydrogens is 326 g/mol. The number of amides is 3. The number of aryl methyl sites for hydroxylation is 1. The molecule has 1 N–H and O–H groups in total. The van der Waals surface area contributed by atoms with Gasteiger partial charge in [0.25, 0.3) is 0 Å². The van der Waals surface area contributed by atoms with Crippen molar-refractivity contribution in [2.75, 3.05) is 18.8 Å². The van der Waals surface area contributed by atoms with Crippen molar-refractivity contribution >= 4 is 40.3 Å². The van der Waals surface area contributed by atoms with Crippen molar-refractivity contribution < 1.29 is 9.59 Å². The number of hydrogen-bond donors (Lipinski definition) is 1. The molecule has 122 valence electrons. The van der Waals surface area contributed by atoms with Crippen LogP contribution in [0, 0.1) is 6.92 Å². The van der Waals surface area contributed by atoms with Crippen LogP contribution in [0.4, 0.5) is 4.79 Å². The summed E-state index contributed by atoms with van der Waals surface area (Å²) in [5, 5.41) is 12.8. The fourth-order valence-corrected chi connectivity index (χ4v) is 3.71. The highest BCUT2D eigenvalue weighted by molar-refractivity contribution is 7.99. The molecule has 3 heterocycles. The Kier molecular flexibility index (Phi) is 3.61. The number of imide groups is 1. The molecule has 3 aromatic rings. The minimum Gasteiger partial charge on any atom is -0.336 e. The van der Waals surface area contributed by atoms with E-state index < -0.39 is 0 Å². The van der Waals surface area contributed by atoms with Crippen molar-refractivity contribution in [3.8, 4) is 0 Å². The standard InChI is InChI=1S/C16H15N5O2S/c1-10-8-13-18-19-16(21(13)12-5-3-2-4-11(10)12)24-9-14(22)20-7-6-17-15(20)23/h2-5,8H,6-7,9H2,1H3,(H,17,23). The lowest BCUT2D eigenvalue weighted by atomic mass is 10.1. The number of urea groups is 1. The first-order valence-corrected chi connectivity index (χ1v) is 8.58. The topological polar surface area (TPSA) is 79.6 Å². The van der Waals surface area contributed by atoms with Crippen LogP contribution in [0.2, 0.25) is 0 Å². The zero-order chi connectivity index (χ0) is 16.7. The molecule has 24 heavy (non-hydrogen) atoms. The minimum absolute atomic E-state index is 0.149. The first-order chi connectivity index (χ1) is 11.6. The molecule has 1 saturated heterocycles. The van der Waals surface area contributed by atoms with E-state index in [0.717, 1.165) is 22.1 Å². The molecule has 1 aromatic carbocycles. The van der Waals surface area contributed by atoms with Crippen LogP contribution in [0.3, 0.4) is 0 Å². The van der Waals surface area contributed by atoms with Gasteiger partial charge >= 0.3 is 6.03 Å².